The van der Waals surface area contributed by atoms with Crippen molar-refractivity contribution < 1.29 is 19.0 Å². The van der Waals surface area contributed by atoms with Gasteiger partial charge in [0.25, 0.3) is 0 Å². The van der Waals surface area contributed by atoms with Crippen LogP contribution in [0.2, 0.25) is 0 Å². The van der Waals surface area contributed by atoms with E-state index in [0.29, 0.717) is 43.3 Å². The highest BCUT2D eigenvalue weighted by Gasteiger charge is 2.10. The zero-order chi connectivity index (χ0) is 22.1. The fraction of sp³-hybridized carbons (Fsp3) is 0.391. The van der Waals surface area contributed by atoms with E-state index in [2.05, 4.69) is 9.56 Å². The van der Waals surface area contributed by atoms with Gasteiger partial charge in [0.15, 0.2) is 4.80 Å². The molecule has 1 aromatic heterocycles. The van der Waals surface area contributed by atoms with Gasteiger partial charge in [-0.15, -0.1) is 11.8 Å². The number of rotatable bonds is 11. The largest absolute Gasteiger partial charge is 0.497 e. The molecule has 0 aliphatic carbocycles. The smallest absolute Gasteiger partial charge is 0.249 e. The van der Waals surface area contributed by atoms with Crippen LogP contribution in [-0.2, 0) is 16.1 Å². The number of aromatic nitrogens is 1. The summed E-state index contributed by atoms with van der Waals surface area (Å²) in [5, 5.41) is 0. The van der Waals surface area contributed by atoms with E-state index in [9.17, 15) is 4.79 Å². The lowest BCUT2D eigenvalue weighted by atomic mass is 10.3. The van der Waals surface area contributed by atoms with Crippen LogP contribution in [-0.4, -0.2) is 43.2 Å². The van der Waals surface area contributed by atoms with Crippen molar-refractivity contribution in [3.63, 3.8) is 0 Å². The highest BCUT2D eigenvalue weighted by Crippen LogP contribution is 2.24. The molecule has 1 heterocycles. The number of amides is 1. The van der Waals surface area contributed by atoms with Crippen molar-refractivity contribution >= 4 is 39.2 Å². The summed E-state index contributed by atoms with van der Waals surface area (Å²) in [6.45, 7) is 6.43. The van der Waals surface area contributed by atoms with Crippen LogP contribution in [0, 0.1) is 0 Å². The van der Waals surface area contributed by atoms with Gasteiger partial charge in [-0.1, -0.05) is 11.3 Å². The quantitative estimate of drug-likeness (QED) is 0.305. The molecule has 0 aliphatic heterocycles. The van der Waals surface area contributed by atoms with E-state index >= 15 is 0 Å². The number of fused-ring (bicyclic) bond motifs is 1. The van der Waals surface area contributed by atoms with Gasteiger partial charge in [-0.3, -0.25) is 4.79 Å². The zero-order valence-corrected chi connectivity index (χ0v) is 19.8. The number of ether oxygens (including phenoxy) is 3. The highest BCUT2D eigenvalue weighted by molar-refractivity contribution is 7.99. The fourth-order valence-electron chi connectivity index (χ4n) is 3.00. The zero-order valence-electron chi connectivity index (χ0n) is 18.1. The maximum absolute atomic E-state index is 12.6. The Labute approximate surface area is 190 Å². The molecule has 0 unspecified atom stereocenters. The van der Waals surface area contributed by atoms with E-state index < -0.39 is 0 Å². The molecule has 0 spiro atoms. The number of thioether (sulfide) groups is 1. The van der Waals surface area contributed by atoms with Gasteiger partial charge in [0.05, 0.1) is 30.5 Å². The lowest BCUT2D eigenvalue weighted by molar-refractivity contribution is -0.117. The Morgan fingerprint density at radius 3 is 2.58 bits per heavy atom. The minimum atomic E-state index is -0.122. The lowest BCUT2D eigenvalue weighted by Crippen LogP contribution is -2.19. The first kappa shape index (κ1) is 23.4. The van der Waals surface area contributed by atoms with Crippen molar-refractivity contribution in [2.24, 2.45) is 4.99 Å². The maximum atomic E-state index is 12.6. The molecule has 31 heavy (non-hydrogen) atoms. The van der Waals surface area contributed by atoms with Gasteiger partial charge >= 0.3 is 0 Å². The summed E-state index contributed by atoms with van der Waals surface area (Å²) in [7, 11) is 1.65. The van der Waals surface area contributed by atoms with Crippen LogP contribution in [0.3, 0.4) is 0 Å². The number of benzene rings is 2. The van der Waals surface area contributed by atoms with E-state index in [4.69, 9.17) is 14.2 Å². The molecule has 0 aliphatic rings. The predicted octanol–water partition coefficient (Wildman–Crippen LogP) is 4.76. The Bertz CT molecular complexity index is 1060. The summed E-state index contributed by atoms with van der Waals surface area (Å²) in [4.78, 5) is 18.8. The van der Waals surface area contributed by atoms with Crippen LogP contribution in [0.1, 0.15) is 20.3 Å². The second-order valence-corrected chi connectivity index (χ2v) is 8.75. The van der Waals surface area contributed by atoms with Gasteiger partial charge < -0.3 is 18.8 Å². The molecule has 166 valence electrons. The molecule has 0 saturated heterocycles. The van der Waals surface area contributed by atoms with Crippen LogP contribution in [0.5, 0.6) is 11.5 Å². The molecular formula is C23H28N2O4S2. The summed E-state index contributed by atoms with van der Waals surface area (Å²) < 4.78 is 19.4. The van der Waals surface area contributed by atoms with Crippen LogP contribution in [0.15, 0.2) is 52.4 Å². The van der Waals surface area contributed by atoms with E-state index in [1.54, 1.807) is 18.9 Å². The van der Waals surface area contributed by atoms with Crippen molar-refractivity contribution in [3.05, 3.63) is 47.3 Å². The Kier molecular flexibility index (Phi) is 8.99. The first-order valence-electron chi connectivity index (χ1n) is 10.3. The van der Waals surface area contributed by atoms with Gasteiger partial charge in [-0.25, -0.2) is 0 Å². The Morgan fingerprint density at radius 1 is 1.10 bits per heavy atom. The molecule has 0 bridgehead atoms. The summed E-state index contributed by atoms with van der Waals surface area (Å²) >= 11 is 3.14. The van der Waals surface area contributed by atoms with Gasteiger partial charge in [0.1, 0.15) is 11.5 Å². The fourth-order valence-corrected chi connectivity index (χ4v) is 4.95. The molecule has 0 atom stereocenters. The van der Waals surface area contributed by atoms with E-state index in [1.807, 2.05) is 56.3 Å². The molecule has 0 fully saturated rings. The number of carbonyl (C=O) groups is 1. The van der Waals surface area contributed by atoms with E-state index in [0.717, 1.165) is 26.6 Å². The topological polar surface area (TPSA) is 62.1 Å². The van der Waals surface area contributed by atoms with Crippen LogP contribution in [0.4, 0.5) is 0 Å². The average Bonchev–Trinajstić information content (AvgIpc) is 3.11. The average molecular weight is 461 g/mol. The maximum Gasteiger partial charge on any atom is 0.249 e. The number of thiazole rings is 1. The number of carbonyl (C=O) groups excluding carboxylic acids is 1. The Hall–Kier alpha value is -2.29. The number of hydrogen-bond donors (Lipinski definition) is 0. The standard InChI is InChI=1S/C23H28N2O4S2/c1-4-28-14-13-25-20-11-8-18(29-5-2)16-21(20)31-23(25)24-22(26)12-15-30-19-9-6-17(27-3)7-10-19/h6-11,16H,4-5,12-15H2,1-3H3. The summed E-state index contributed by atoms with van der Waals surface area (Å²) in [5.41, 5.74) is 1.03. The number of methoxy groups -OCH3 is 1. The molecule has 3 aromatic rings. The number of hydrogen-bond acceptors (Lipinski definition) is 6. The first-order chi connectivity index (χ1) is 15.1. The molecule has 1 amide bonds. The third-order valence-corrected chi connectivity index (χ3v) is 6.55. The molecule has 2 aromatic carbocycles. The van der Waals surface area contributed by atoms with Crippen molar-refractivity contribution in [2.45, 2.75) is 31.7 Å². The molecular weight excluding hydrogens is 432 g/mol. The van der Waals surface area contributed by atoms with E-state index in [-0.39, 0.29) is 5.91 Å². The second-order valence-electron chi connectivity index (χ2n) is 6.58. The first-order valence-corrected chi connectivity index (χ1v) is 12.1. The summed E-state index contributed by atoms with van der Waals surface area (Å²) in [5.74, 6) is 2.20. The van der Waals surface area contributed by atoms with Crippen molar-refractivity contribution in [1.29, 1.82) is 0 Å². The van der Waals surface area contributed by atoms with Crippen molar-refractivity contribution in [2.75, 3.05) is 32.7 Å². The normalized spacial score (nSPS) is 11.8. The Balaban J connectivity index is 1.74. The minimum absolute atomic E-state index is 0.122. The molecule has 8 heteroatoms. The molecule has 0 saturated carbocycles. The predicted molar refractivity (Wildman–Crippen MR) is 126 cm³/mol. The van der Waals surface area contributed by atoms with Gasteiger partial charge in [0, 0.05) is 30.2 Å². The molecule has 6 nitrogen and oxygen atoms in total. The van der Waals surface area contributed by atoms with Crippen LogP contribution < -0.4 is 14.3 Å². The van der Waals surface area contributed by atoms with Crippen molar-refractivity contribution in [1.82, 2.24) is 4.57 Å². The summed E-state index contributed by atoms with van der Waals surface area (Å²) in [6, 6.07) is 13.8. The van der Waals surface area contributed by atoms with Crippen molar-refractivity contribution in [3.8, 4) is 11.5 Å². The third-order valence-electron chi connectivity index (χ3n) is 4.49. The highest BCUT2D eigenvalue weighted by atomic mass is 32.2. The van der Waals surface area contributed by atoms with Crippen LogP contribution in [0.25, 0.3) is 10.2 Å². The summed E-state index contributed by atoms with van der Waals surface area (Å²) in [6.07, 6.45) is 0.376. The van der Waals surface area contributed by atoms with E-state index in [1.165, 1.54) is 11.3 Å². The van der Waals surface area contributed by atoms with Gasteiger partial charge in [0.2, 0.25) is 5.91 Å². The second kappa shape index (κ2) is 11.9. The minimum Gasteiger partial charge on any atom is -0.497 e. The molecule has 0 radical (unpaired) electrons. The SMILES string of the molecule is CCOCCn1c(=NC(=O)CCSc2ccc(OC)cc2)sc2cc(OCC)ccc21. The number of nitrogens with zero attached hydrogens (tertiary/aromatic N) is 2. The lowest BCUT2D eigenvalue weighted by Gasteiger charge is -2.06. The van der Waals surface area contributed by atoms with Gasteiger partial charge in [-0.05, 0) is 56.3 Å². The monoisotopic (exact) mass is 460 g/mol. The Morgan fingerprint density at radius 2 is 1.87 bits per heavy atom. The third kappa shape index (κ3) is 6.59. The molecule has 0 N–H and O–H groups in total. The van der Waals surface area contributed by atoms with Gasteiger partial charge in [-0.2, -0.15) is 4.99 Å². The van der Waals surface area contributed by atoms with Crippen LogP contribution >= 0.6 is 23.1 Å². The molecule has 3 rings (SSSR count).